The number of benzene rings is 1. The van der Waals surface area contributed by atoms with Gasteiger partial charge in [-0.1, -0.05) is 22.0 Å². The van der Waals surface area contributed by atoms with E-state index in [9.17, 15) is 0 Å². The zero-order chi connectivity index (χ0) is 12.0. The molecule has 0 heterocycles. The molecule has 1 aromatic carbocycles. The molecule has 0 spiro atoms. The third kappa shape index (κ3) is 5.02. The molecular weight excluding hydrogens is 284 g/mol. The molecule has 4 heteroatoms. The molecule has 0 aliphatic rings. The van der Waals surface area contributed by atoms with Crippen molar-refractivity contribution in [3.63, 3.8) is 0 Å². The third-order valence-electron chi connectivity index (χ3n) is 1.90. The first-order valence-electron chi connectivity index (χ1n) is 5.16. The average molecular weight is 299 g/mol. The van der Waals surface area contributed by atoms with E-state index in [1.165, 1.54) is 4.90 Å². The van der Waals surface area contributed by atoms with Crippen LogP contribution < -0.4 is 5.32 Å². The van der Waals surface area contributed by atoms with Crippen LogP contribution in [0.3, 0.4) is 0 Å². The van der Waals surface area contributed by atoms with E-state index in [4.69, 9.17) is 5.26 Å². The van der Waals surface area contributed by atoms with Gasteiger partial charge in [0.25, 0.3) is 0 Å². The lowest BCUT2D eigenvalue weighted by atomic mass is 10.3. The quantitative estimate of drug-likeness (QED) is 0.846. The molecule has 0 amide bonds. The van der Waals surface area contributed by atoms with Crippen molar-refractivity contribution in [3.8, 4) is 6.07 Å². The summed E-state index contributed by atoms with van der Waals surface area (Å²) in [4.78, 5) is 1.18. The highest BCUT2D eigenvalue weighted by Crippen LogP contribution is 2.22. The molecule has 0 aliphatic carbocycles. The van der Waals surface area contributed by atoms with Gasteiger partial charge in [0.05, 0.1) is 6.07 Å². The van der Waals surface area contributed by atoms with E-state index in [1.54, 1.807) is 11.8 Å². The SMILES string of the molecule is CC(C)NC(C#N)CSc1cccc(Br)c1. The Balaban J connectivity index is 2.47. The molecule has 0 fully saturated rings. The van der Waals surface area contributed by atoms with Gasteiger partial charge in [-0.15, -0.1) is 11.8 Å². The second kappa shape index (κ2) is 6.95. The lowest BCUT2D eigenvalue weighted by molar-refractivity contribution is 0.560. The maximum absolute atomic E-state index is 8.97. The second-order valence-electron chi connectivity index (χ2n) is 3.77. The van der Waals surface area contributed by atoms with Crippen molar-refractivity contribution in [3.05, 3.63) is 28.7 Å². The van der Waals surface area contributed by atoms with Crippen molar-refractivity contribution in [2.24, 2.45) is 0 Å². The molecule has 0 bridgehead atoms. The topological polar surface area (TPSA) is 35.8 Å². The number of nitriles is 1. The van der Waals surface area contributed by atoms with Crippen LogP contribution in [0.2, 0.25) is 0 Å². The molecule has 1 atom stereocenters. The minimum absolute atomic E-state index is 0.0935. The lowest BCUT2D eigenvalue weighted by Crippen LogP contribution is -2.35. The highest BCUT2D eigenvalue weighted by Gasteiger charge is 2.08. The van der Waals surface area contributed by atoms with Gasteiger partial charge in [0.2, 0.25) is 0 Å². The highest BCUT2D eigenvalue weighted by molar-refractivity contribution is 9.10. The third-order valence-corrected chi connectivity index (χ3v) is 3.48. The first-order valence-corrected chi connectivity index (χ1v) is 6.93. The van der Waals surface area contributed by atoms with Gasteiger partial charge >= 0.3 is 0 Å². The number of halogens is 1. The standard InChI is InChI=1S/C12H15BrN2S/c1-9(2)15-11(7-14)8-16-12-5-3-4-10(13)6-12/h3-6,9,11,15H,8H2,1-2H3. The van der Waals surface area contributed by atoms with Crippen LogP contribution in [0.1, 0.15) is 13.8 Å². The molecule has 0 aromatic heterocycles. The van der Waals surface area contributed by atoms with E-state index in [0.29, 0.717) is 6.04 Å². The fourth-order valence-corrected chi connectivity index (χ4v) is 2.73. The van der Waals surface area contributed by atoms with Crippen LogP contribution in [0.4, 0.5) is 0 Å². The summed E-state index contributed by atoms with van der Waals surface area (Å²) in [6.07, 6.45) is 0. The van der Waals surface area contributed by atoms with Gasteiger partial charge in [-0.25, -0.2) is 0 Å². The van der Waals surface area contributed by atoms with Crippen LogP contribution in [0, 0.1) is 11.3 Å². The largest absolute Gasteiger partial charge is 0.299 e. The second-order valence-corrected chi connectivity index (χ2v) is 5.78. The summed E-state index contributed by atoms with van der Waals surface area (Å²) in [6.45, 7) is 4.10. The van der Waals surface area contributed by atoms with Crippen molar-refractivity contribution in [1.29, 1.82) is 5.26 Å². The molecule has 1 rings (SSSR count). The fraction of sp³-hybridized carbons (Fsp3) is 0.417. The Kier molecular flexibility index (Phi) is 5.89. The summed E-state index contributed by atoms with van der Waals surface area (Å²) in [6, 6.07) is 10.6. The number of hydrogen-bond donors (Lipinski definition) is 1. The van der Waals surface area contributed by atoms with Crippen molar-refractivity contribution < 1.29 is 0 Å². The summed E-state index contributed by atoms with van der Waals surface area (Å²) >= 11 is 5.13. The Bertz CT molecular complexity index is 374. The maximum Gasteiger partial charge on any atom is 0.105 e. The smallest absolute Gasteiger partial charge is 0.105 e. The zero-order valence-corrected chi connectivity index (χ0v) is 11.8. The monoisotopic (exact) mass is 298 g/mol. The fourth-order valence-electron chi connectivity index (χ4n) is 1.26. The predicted molar refractivity (Wildman–Crippen MR) is 72.5 cm³/mol. The van der Waals surface area contributed by atoms with Crippen LogP contribution in [0.15, 0.2) is 33.6 Å². The van der Waals surface area contributed by atoms with Crippen molar-refractivity contribution in [2.45, 2.75) is 30.8 Å². The molecule has 2 nitrogen and oxygen atoms in total. The van der Waals surface area contributed by atoms with Crippen molar-refractivity contribution >= 4 is 27.7 Å². The summed E-state index contributed by atoms with van der Waals surface area (Å²) in [5.74, 6) is 0.769. The number of rotatable bonds is 5. The van der Waals surface area contributed by atoms with Crippen LogP contribution >= 0.6 is 27.7 Å². The normalized spacial score (nSPS) is 12.4. The molecule has 0 saturated carbocycles. The minimum atomic E-state index is -0.0935. The van der Waals surface area contributed by atoms with Gasteiger partial charge in [-0.3, -0.25) is 5.32 Å². The first-order chi connectivity index (χ1) is 7.61. The number of hydrogen-bond acceptors (Lipinski definition) is 3. The Morgan fingerprint density at radius 2 is 2.25 bits per heavy atom. The Morgan fingerprint density at radius 3 is 2.81 bits per heavy atom. The van der Waals surface area contributed by atoms with Gasteiger partial charge in [0.1, 0.15) is 6.04 Å². The van der Waals surface area contributed by atoms with Crippen LogP contribution in [0.5, 0.6) is 0 Å². The van der Waals surface area contributed by atoms with E-state index in [1.807, 2.05) is 26.0 Å². The van der Waals surface area contributed by atoms with E-state index in [-0.39, 0.29) is 6.04 Å². The summed E-state index contributed by atoms with van der Waals surface area (Å²) in [7, 11) is 0. The molecule has 1 aromatic rings. The summed E-state index contributed by atoms with van der Waals surface area (Å²) < 4.78 is 1.07. The predicted octanol–water partition coefficient (Wildman–Crippen LogP) is 3.43. The van der Waals surface area contributed by atoms with E-state index in [0.717, 1.165) is 10.2 Å². The first kappa shape index (κ1) is 13.6. The highest BCUT2D eigenvalue weighted by atomic mass is 79.9. The molecular formula is C12H15BrN2S. The van der Waals surface area contributed by atoms with Crippen LogP contribution in [-0.4, -0.2) is 17.8 Å². The molecule has 0 aliphatic heterocycles. The maximum atomic E-state index is 8.97. The van der Waals surface area contributed by atoms with Gasteiger partial charge in [-0.2, -0.15) is 5.26 Å². The molecule has 16 heavy (non-hydrogen) atoms. The minimum Gasteiger partial charge on any atom is -0.299 e. The molecule has 0 radical (unpaired) electrons. The van der Waals surface area contributed by atoms with Gasteiger partial charge in [-0.05, 0) is 32.0 Å². The molecule has 1 unspecified atom stereocenters. The van der Waals surface area contributed by atoms with Crippen molar-refractivity contribution in [2.75, 3.05) is 5.75 Å². The summed E-state index contributed by atoms with van der Waals surface area (Å²) in [5.41, 5.74) is 0. The Hall–Kier alpha value is -0.500. The Labute approximate surface area is 110 Å². The van der Waals surface area contributed by atoms with Crippen molar-refractivity contribution in [1.82, 2.24) is 5.32 Å². The van der Waals surface area contributed by atoms with E-state index < -0.39 is 0 Å². The zero-order valence-electron chi connectivity index (χ0n) is 9.40. The van der Waals surface area contributed by atoms with Gasteiger partial charge in [0, 0.05) is 21.2 Å². The van der Waals surface area contributed by atoms with Crippen LogP contribution in [-0.2, 0) is 0 Å². The molecule has 0 saturated heterocycles. The summed E-state index contributed by atoms with van der Waals surface area (Å²) in [5, 5.41) is 12.2. The number of nitrogens with one attached hydrogen (secondary N) is 1. The molecule has 1 N–H and O–H groups in total. The van der Waals surface area contributed by atoms with Gasteiger partial charge in [0.15, 0.2) is 0 Å². The number of nitrogens with zero attached hydrogens (tertiary/aromatic N) is 1. The average Bonchev–Trinajstić information content (AvgIpc) is 2.24. The van der Waals surface area contributed by atoms with E-state index >= 15 is 0 Å². The van der Waals surface area contributed by atoms with Gasteiger partial charge < -0.3 is 0 Å². The number of thioether (sulfide) groups is 1. The van der Waals surface area contributed by atoms with Crippen LogP contribution in [0.25, 0.3) is 0 Å². The lowest BCUT2D eigenvalue weighted by Gasteiger charge is -2.13. The van der Waals surface area contributed by atoms with E-state index in [2.05, 4.69) is 39.4 Å². The molecule has 86 valence electrons. The Morgan fingerprint density at radius 1 is 1.50 bits per heavy atom.